The van der Waals surface area contributed by atoms with Crippen LogP contribution in [0, 0.1) is 0 Å². The van der Waals surface area contributed by atoms with E-state index in [1.165, 1.54) is 0 Å². The number of para-hydroxylation sites is 3. The molecule has 24 heavy (non-hydrogen) atoms. The summed E-state index contributed by atoms with van der Waals surface area (Å²) in [7, 11) is 0. The van der Waals surface area contributed by atoms with Gasteiger partial charge in [0.25, 0.3) is 11.5 Å². The third-order valence-corrected chi connectivity index (χ3v) is 3.11. The van der Waals surface area contributed by atoms with Gasteiger partial charge in [-0.3, -0.25) is 14.6 Å². The molecule has 2 aromatic carbocycles. The van der Waals surface area contributed by atoms with Gasteiger partial charge >= 0.3 is 5.69 Å². The summed E-state index contributed by atoms with van der Waals surface area (Å²) in [4.78, 5) is 39.1. The summed E-state index contributed by atoms with van der Waals surface area (Å²) < 4.78 is 5.74. The third kappa shape index (κ3) is 3.58. The lowest BCUT2D eigenvalue weighted by molar-refractivity contribution is 0.102. The van der Waals surface area contributed by atoms with E-state index < -0.39 is 17.2 Å². The van der Waals surface area contributed by atoms with Gasteiger partial charge in [0.1, 0.15) is 11.4 Å². The van der Waals surface area contributed by atoms with Crippen molar-refractivity contribution in [2.45, 2.75) is 0 Å². The Bertz CT molecular complexity index is 948. The van der Waals surface area contributed by atoms with Crippen LogP contribution in [-0.2, 0) is 0 Å². The largest absolute Gasteiger partial charge is 0.455 e. The van der Waals surface area contributed by atoms with Crippen LogP contribution in [0.4, 0.5) is 5.69 Å². The number of nitrogens with one attached hydrogen (secondary N) is 3. The summed E-state index contributed by atoms with van der Waals surface area (Å²) in [5, 5.41) is 2.61. The fourth-order valence-electron chi connectivity index (χ4n) is 2.06. The highest BCUT2D eigenvalue weighted by molar-refractivity contribution is 6.03. The summed E-state index contributed by atoms with van der Waals surface area (Å²) in [5.41, 5.74) is -1.13. The standard InChI is InChI=1S/C17H13N3O4/c21-15-10-13(19-17(23)20-15)16(22)18-12-8-4-5-9-14(12)24-11-6-2-1-3-7-11/h1-10H,(H,18,22)(H2,19,20,21,23). The minimum Gasteiger partial charge on any atom is -0.455 e. The zero-order valence-corrected chi connectivity index (χ0v) is 12.4. The van der Waals surface area contributed by atoms with Crippen molar-refractivity contribution in [2.24, 2.45) is 0 Å². The molecular weight excluding hydrogens is 310 g/mol. The minimum atomic E-state index is -0.749. The highest BCUT2D eigenvalue weighted by Gasteiger charge is 2.12. The molecule has 0 spiro atoms. The first-order valence-electron chi connectivity index (χ1n) is 7.09. The van der Waals surface area contributed by atoms with E-state index in [4.69, 9.17) is 4.74 Å². The van der Waals surface area contributed by atoms with Crippen LogP contribution < -0.4 is 21.3 Å². The monoisotopic (exact) mass is 323 g/mol. The number of hydrogen-bond donors (Lipinski definition) is 3. The quantitative estimate of drug-likeness (QED) is 0.684. The average Bonchev–Trinajstić information content (AvgIpc) is 2.56. The molecule has 0 unspecified atom stereocenters. The van der Waals surface area contributed by atoms with Gasteiger partial charge in [-0.15, -0.1) is 0 Å². The Labute approximate surface area is 135 Å². The first-order valence-corrected chi connectivity index (χ1v) is 7.09. The fourth-order valence-corrected chi connectivity index (χ4v) is 2.06. The highest BCUT2D eigenvalue weighted by atomic mass is 16.5. The second kappa shape index (κ2) is 6.66. The minimum absolute atomic E-state index is 0.140. The van der Waals surface area contributed by atoms with Crippen LogP contribution in [0.5, 0.6) is 11.5 Å². The van der Waals surface area contributed by atoms with Crippen LogP contribution in [0.3, 0.4) is 0 Å². The molecule has 0 aliphatic carbocycles. The van der Waals surface area contributed by atoms with E-state index in [-0.39, 0.29) is 5.69 Å². The molecule has 0 saturated carbocycles. The smallest absolute Gasteiger partial charge is 0.326 e. The van der Waals surface area contributed by atoms with E-state index in [0.29, 0.717) is 17.2 Å². The zero-order valence-electron chi connectivity index (χ0n) is 12.4. The lowest BCUT2D eigenvalue weighted by Gasteiger charge is -2.12. The predicted octanol–water partition coefficient (Wildman–Crippen LogP) is 2.11. The molecule has 7 heteroatoms. The topological polar surface area (TPSA) is 104 Å². The number of carbonyl (C=O) groups is 1. The van der Waals surface area contributed by atoms with Gasteiger partial charge < -0.3 is 15.0 Å². The first-order chi connectivity index (χ1) is 11.6. The number of anilines is 1. The maximum absolute atomic E-state index is 12.2. The maximum atomic E-state index is 12.2. The zero-order chi connectivity index (χ0) is 16.9. The summed E-state index contributed by atoms with van der Waals surface area (Å²) in [6.45, 7) is 0. The van der Waals surface area contributed by atoms with E-state index in [1.54, 1.807) is 36.4 Å². The first kappa shape index (κ1) is 15.3. The van der Waals surface area contributed by atoms with E-state index in [0.717, 1.165) is 6.07 Å². The van der Waals surface area contributed by atoms with Gasteiger partial charge in [-0.1, -0.05) is 30.3 Å². The molecule has 3 N–H and O–H groups in total. The third-order valence-electron chi connectivity index (χ3n) is 3.11. The number of rotatable bonds is 4. The van der Waals surface area contributed by atoms with E-state index in [9.17, 15) is 14.4 Å². The molecule has 120 valence electrons. The van der Waals surface area contributed by atoms with Crippen molar-refractivity contribution < 1.29 is 9.53 Å². The SMILES string of the molecule is O=C(Nc1ccccc1Oc1ccccc1)c1cc(=O)[nH]c(=O)[nH]1. The van der Waals surface area contributed by atoms with Crippen molar-refractivity contribution in [1.82, 2.24) is 9.97 Å². The highest BCUT2D eigenvalue weighted by Crippen LogP contribution is 2.29. The molecule has 1 amide bonds. The van der Waals surface area contributed by atoms with Crippen molar-refractivity contribution >= 4 is 11.6 Å². The number of aromatic amines is 2. The van der Waals surface area contributed by atoms with E-state index in [2.05, 4.69) is 10.3 Å². The molecule has 3 aromatic rings. The maximum Gasteiger partial charge on any atom is 0.326 e. The van der Waals surface area contributed by atoms with Crippen LogP contribution >= 0.6 is 0 Å². The molecule has 0 radical (unpaired) electrons. The van der Waals surface area contributed by atoms with Crippen LogP contribution in [0.1, 0.15) is 10.5 Å². The number of aromatic nitrogens is 2. The molecule has 0 bridgehead atoms. The van der Waals surface area contributed by atoms with Gasteiger partial charge in [-0.25, -0.2) is 4.79 Å². The molecule has 3 rings (SSSR count). The fraction of sp³-hybridized carbons (Fsp3) is 0. The summed E-state index contributed by atoms with van der Waals surface area (Å²) in [6.07, 6.45) is 0. The van der Waals surface area contributed by atoms with Crippen molar-refractivity contribution in [3.8, 4) is 11.5 Å². The number of ether oxygens (including phenoxy) is 1. The Morgan fingerprint density at radius 1 is 0.917 bits per heavy atom. The lowest BCUT2D eigenvalue weighted by atomic mass is 10.2. The lowest BCUT2D eigenvalue weighted by Crippen LogP contribution is -2.27. The number of amides is 1. The van der Waals surface area contributed by atoms with Crippen LogP contribution in [-0.4, -0.2) is 15.9 Å². The summed E-state index contributed by atoms with van der Waals surface area (Å²) >= 11 is 0. The Hall–Kier alpha value is -3.61. The molecule has 0 aliphatic heterocycles. The van der Waals surface area contributed by atoms with Gasteiger partial charge in [0.15, 0.2) is 5.75 Å². The molecular formula is C17H13N3O4. The Kier molecular flexibility index (Phi) is 4.24. The molecule has 7 nitrogen and oxygen atoms in total. The second-order valence-corrected chi connectivity index (χ2v) is 4.87. The number of H-pyrrole nitrogens is 2. The van der Waals surface area contributed by atoms with Crippen LogP contribution in [0.15, 0.2) is 70.3 Å². The Morgan fingerprint density at radius 3 is 2.38 bits per heavy atom. The van der Waals surface area contributed by atoms with E-state index >= 15 is 0 Å². The van der Waals surface area contributed by atoms with E-state index in [1.807, 2.05) is 23.2 Å². The molecule has 1 aromatic heterocycles. The summed E-state index contributed by atoms with van der Waals surface area (Å²) in [5.74, 6) is 0.426. The van der Waals surface area contributed by atoms with Crippen LogP contribution in [0.25, 0.3) is 0 Å². The Morgan fingerprint density at radius 2 is 1.62 bits per heavy atom. The number of benzene rings is 2. The molecule has 0 saturated heterocycles. The molecule has 1 heterocycles. The van der Waals surface area contributed by atoms with Crippen molar-refractivity contribution in [3.05, 3.63) is 87.2 Å². The summed E-state index contributed by atoms with van der Waals surface area (Å²) in [6, 6.07) is 17.0. The van der Waals surface area contributed by atoms with Gasteiger partial charge in [0.05, 0.1) is 5.69 Å². The Balaban J connectivity index is 1.86. The van der Waals surface area contributed by atoms with Gasteiger partial charge in [-0.05, 0) is 24.3 Å². The average molecular weight is 323 g/mol. The van der Waals surface area contributed by atoms with Gasteiger partial charge in [0.2, 0.25) is 0 Å². The van der Waals surface area contributed by atoms with Crippen molar-refractivity contribution in [3.63, 3.8) is 0 Å². The van der Waals surface area contributed by atoms with Gasteiger partial charge in [-0.2, -0.15) is 0 Å². The van der Waals surface area contributed by atoms with Crippen molar-refractivity contribution in [1.29, 1.82) is 0 Å². The number of hydrogen-bond acceptors (Lipinski definition) is 4. The molecule has 0 atom stereocenters. The second-order valence-electron chi connectivity index (χ2n) is 4.87. The van der Waals surface area contributed by atoms with Crippen LogP contribution in [0.2, 0.25) is 0 Å². The van der Waals surface area contributed by atoms with Gasteiger partial charge in [0, 0.05) is 6.07 Å². The number of carbonyl (C=O) groups excluding carboxylic acids is 1. The normalized spacial score (nSPS) is 10.2. The molecule has 0 fully saturated rings. The predicted molar refractivity (Wildman–Crippen MR) is 88.6 cm³/mol. The van der Waals surface area contributed by atoms with Crippen molar-refractivity contribution in [2.75, 3.05) is 5.32 Å². The molecule has 0 aliphatic rings.